The molecule has 0 fully saturated rings. The minimum absolute atomic E-state index is 0.0168. The van der Waals surface area contributed by atoms with Crippen molar-refractivity contribution in [2.24, 2.45) is 5.73 Å². The summed E-state index contributed by atoms with van der Waals surface area (Å²) in [7, 11) is -3.07. The van der Waals surface area contributed by atoms with Gasteiger partial charge in [0.2, 0.25) is 0 Å². The molecule has 0 amide bonds. The summed E-state index contributed by atoms with van der Waals surface area (Å²) in [6.07, 6.45) is 0. The first-order valence-corrected chi connectivity index (χ1v) is 7.70. The standard InChI is InChI=1S/C10H18N2O2S2/c1-6(2)16(13,14)5-9-12-8(4)10(15-9)7(3)11/h6-7H,5,11H2,1-4H3. The van der Waals surface area contributed by atoms with Gasteiger partial charge in [0.05, 0.1) is 10.9 Å². The molecule has 1 atom stereocenters. The number of nitrogens with zero attached hydrogens (tertiary/aromatic N) is 1. The van der Waals surface area contributed by atoms with Crippen LogP contribution < -0.4 is 5.73 Å². The highest BCUT2D eigenvalue weighted by molar-refractivity contribution is 7.91. The van der Waals surface area contributed by atoms with Gasteiger partial charge in [-0.15, -0.1) is 11.3 Å². The van der Waals surface area contributed by atoms with Crippen molar-refractivity contribution < 1.29 is 8.42 Å². The topological polar surface area (TPSA) is 73.0 Å². The molecule has 1 aromatic heterocycles. The van der Waals surface area contributed by atoms with E-state index >= 15 is 0 Å². The van der Waals surface area contributed by atoms with Gasteiger partial charge in [0.25, 0.3) is 0 Å². The second-order valence-electron chi connectivity index (χ2n) is 4.20. The number of thiazole rings is 1. The lowest BCUT2D eigenvalue weighted by atomic mass is 10.2. The Bertz CT molecular complexity index is 461. The SMILES string of the molecule is Cc1nc(CS(=O)(=O)C(C)C)sc1C(C)N. The number of rotatable bonds is 4. The van der Waals surface area contributed by atoms with Crippen LogP contribution in [-0.2, 0) is 15.6 Å². The molecular formula is C10H18N2O2S2. The zero-order chi connectivity index (χ0) is 12.5. The zero-order valence-corrected chi connectivity index (χ0v) is 11.7. The van der Waals surface area contributed by atoms with Crippen LogP contribution in [0.2, 0.25) is 0 Å². The number of nitrogens with two attached hydrogens (primary N) is 1. The van der Waals surface area contributed by atoms with Gasteiger partial charge in [0.1, 0.15) is 10.8 Å². The third kappa shape index (κ3) is 3.02. The summed E-state index contributed by atoms with van der Waals surface area (Å²) in [6, 6.07) is -0.0898. The van der Waals surface area contributed by atoms with Crippen LogP contribution in [0.25, 0.3) is 0 Å². The fourth-order valence-corrected chi connectivity index (χ4v) is 3.57. The highest BCUT2D eigenvalue weighted by atomic mass is 32.2. The van der Waals surface area contributed by atoms with Crippen LogP contribution in [0.5, 0.6) is 0 Å². The first-order chi connectivity index (χ1) is 7.24. The molecule has 0 aliphatic carbocycles. The summed E-state index contributed by atoms with van der Waals surface area (Å²) in [5.41, 5.74) is 6.61. The van der Waals surface area contributed by atoms with Gasteiger partial charge < -0.3 is 5.73 Å². The van der Waals surface area contributed by atoms with E-state index in [1.54, 1.807) is 13.8 Å². The Hall–Kier alpha value is -0.460. The molecule has 0 aliphatic heterocycles. The smallest absolute Gasteiger partial charge is 0.159 e. The summed E-state index contributed by atoms with van der Waals surface area (Å²) >= 11 is 1.40. The fraction of sp³-hybridized carbons (Fsp3) is 0.700. The van der Waals surface area contributed by atoms with E-state index in [4.69, 9.17) is 5.73 Å². The van der Waals surface area contributed by atoms with E-state index in [2.05, 4.69) is 4.98 Å². The molecule has 0 saturated heterocycles. The highest BCUT2D eigenvalue weighted by Gasteiger charge is 2.20. The van der Waals surface area contributed by atoms with Crippen LogP contribution >= 0.6 is 11.3 Å². The van der Waals surface area contributed by atoms with Gasteiger partial charge in [0, 0.05) is 10.9 Å². The monoisotopic (exact) mass is 262 g/mol. The molecule has 0 aliphatic rings. The fourth-order valence-electron chi connectivity index (χ4n) is 1.29. The molecule has 1 heterocycles. The van der Waals surface area contributed by atoms with Gasteiger partial charge >= 0.3 is 0 Å². The Balaban J connectivity index is 2.96. The Morgan fingerprint density at radius 2 is 1.94 bits per heavy atom. The molecule has 92 valence electrons. The molecule has 0 aromatic carbocycles. The van der Waals surface area contributed by atoms with E-state index in [1.165, 1.54) is 11.3 Å². The van der Waals surface area contributed by atoms with Crippen molar-refractivity contribution in [1.29, 1.82) is 0 Å². The van der Waals surface area contributed by atoms with Gasteiger partial charge in [-0.3, -0.25) is 0 Å². The molecule has 1 aromatic rings. The average molecular weight is 262 g/mol. The number of hydrogen-bond donors (Lipinski definition) is 1. The first-order valence-electron chi connectivity index (χ1n) is 5.17. The number of hydrogen-bond acceptors (Lipinski definition) is 5. The van der Waals surface area contributed by atoms with Crippen LogP contribution in [0.15, 0.2) is 0 Å². The van der Waals surface area contributed by atoms with Crippen molar-refractivity contribution in [1.82, 2.24) is 4.98 Å². The number of aryl methyl sites for hydroxylation is 1. The van der Waals surface area contributed by atoms with Crippen molar-refractivity contribution in [2.75, 3.05) is 0 Å². The van der Waals surface area contributed by atoms with Crippen LogP contribution in [0.1, 0.15) is 42.4 Å². The van der Waals surface area contributed by atoms with E-state index in [0.29, 0.717) is 5.01 Å². The van der Waals surface area contributed by atoms with Crippen molar-refractivity contribution in [2.45, 2.75) is 44.7 Å². The second-order valence-corrected chi connectivity index (χ2v) is 7.87. The molecule has 0 radical (unpaired) electrons. The molecule has 1 unspecified atom stereocenters. The van der Waals surface area contributed by atoms with Gasteiger partial charge in [-0.25, -0.2) is 13.4 Å². The lowest BCUT2D eigenvalue weighted by molar-refractivity contribution is 0.586. The van der Waals surface area contributed by atoms with Crippen LogP contribution in [0.3, 0.4) is 0 Å². The van der Waals surface area contributed by atoms with Gasteiger partial charge in [-0.05, 0) is 27.7 Å². The maximum atomic E-state index is 11.7. The van der Waals surface area contributed by atoms with Crippen molar-refractivity contribution in [3.8, 4) is 0 Å². The van der Waals surface area contributed by atoms with Gasteiger partial charge in [-0.2, -0.15) is 0 Å². The quantitative estimate of drug-likeness (QED) is 0.898. The molecule has 0 spiro atoms. The Morgan fingerprint density at radius 1 is 1.38 bits per heavy atom. The molecular weight excluding hydrogens is 244 g/mol. The summed E-state index contributed by atoms with van der Waals surface area (Å²) < 4.78 is 23.5. The average Bonchev–Trinajstić information content (AvgIpc) is 2.45. The van der Waals surface area contributed by atoms with E-state index in [9.17, 15) is 8.42 Å². The van der Waals surface area contributed by atoms with Crippen LogP contribution in [0, 0.1) is 6.92 Å². The lowest BCUT2D eigenvalue weighted by Crippen LogP contribution is -2.15. The number of sulfone groups is 1. The summed E-state index contributed by atoms with van der Waals surface area (Å²) in [5.74, 6) is 0.0168. The highest BCUT2D eigenvalue weighted by Crippen LogP contribution is 2.25. The predicted octanol–water partition coefficient (Wildman–Crippen LogP) is 1.79. The maximum absolute atomic E-state index is 11.7. The molecule has 16 heavy (non-hydrogen) atoms. The minimum atomic E-state index is -3.07. The summed E-state index contributed by atoms with van der Waals surface area (Å²) in [4.78, 5) is 5.23. The van der Waals surface area contributed by atoms with Gasteiger partial charge in [-0.1, -0.05) is 0 Å². The normalized spacial score (nSPS) is 14.4. The van der Waals surface area contributed by atoms with E-state index < -0.39 is 9.84 Å². The van der Waals surface area contributed by atoms with Crippen LogP contribution in [0.4, 0.5) is 0 Å². The Labute approximate surface area is 101 Å². The minimum Gasteiger partial charge on any atom is -0.323 e. The third-order valence-electron chi connectivity index (χ3n) is 2.33. The molecule has 0 bridgehead atoms. The molecule has 6 heteroatoms. The predicted molar refractivity (Wildman–Crippen MR) is 67.2 cm³/mol. The number of aromatic nitrogens is 1. The second kappa shape index (κ2) is 4.81. The van der Waals surface area contributed by atoms with E-state index in [0.717, 1.165) is 10.6 Å². The van der Waals surface area contributed by atoms with E-state index in [-0.39, 0.29) is 17.0 Å². The van der Waals surface area contributed by atoms with E-state index in [1.807, 2.05) is 13.8 Å². The van der Waals surface area contributed by atoms with Gasteiger partial charge in [0.15, 0.2) is 9.84 Å². The molecule has 2 N–H and O–H groups in total. The molecule has 4 nitrogen and oxygen atoms in total. The maximum Gasteiger partial charge on any atom is 0.159 e. The first kappa shape index (κ1) is 13.6. The Kier molecular flexibility index (Phi) is 4.09. The van der Waals surface area contributed by atoms with Crippen molar-refractivity contribution in [3.63, 3.8) is 0 Å². The van der Waals surface area contributed by atoms with Crippen molar-refractivity contribution in [3.05, 3.63) is 15.6 Å². The molecule has 1 rings (SSSR count). The third-order valence-corrected chi connectivity index (χ3v) is 5.99. The summed E-state index contributed by atoms with van der Waals surface area (Å²) in [5, 5.41) is 0.272. The van der Waals surface area contributed by atoms with Crippen LogP contribution in [-0.4, -0.2) is 18.7 Å². The summed E-state index contributed by atoms with van der Waals surface area (Å²) in [6.45, 7) is 7.10. The Morgan fingerprint density at radius 3 is 2.31 bits per heavy atom. The van der Waals surface area contributed by atoms with Crippen molar-refractivity contribution >= 4 is 21.2 Å². The largest absolute Gasteiger partial charge is 0.323 e. The lowest BCUT2D eigenvalue weighted by Gasteiger charge is -2.04. The molecule has 0 saturated carbocycles. The zero-order valence-electron chi connectivity index (χ0n) is 10.0.